The first kappa shape index (κ1) is 21.7. The minimum absolute atomic E-state index is 0.0402. The molecule has 0 bridgehead atoms. The van der Waals surface area contributed by atoms with Crippen LogP contribution >= 0.6 is 46.4 Å². The molecule has 2 N–H and O–H groups in total. The molecule has 0 saturated carbocycles. The normalized spacial score (nSPS) is 20.9. The molecule has 0 radical (unpaired) electrons. The van der Waals surface area contributed by atoms with Crippen LogP contribution in [0.4, 0.5) is 0 Å². The molecule has 0 aromatic carbocycles. The number of carboxylic acids is 1. The zero-order valence-corrected chi connectivity index (χ0v) is 19.0. The molecule has 4 rings (SSSR count). The van der Waals surface area contributed by atoms with E-state index in [4.69, 9.17) is 4.84 Å². The van der Waals surface area contributed by atoms with Crippen LogP contribution in [0.2, 0.25) is 0 Å². The van der Waals surface area contributed by atoms with Gasteiger partial charge in [0.15, 0.2) is 10.1 Å². The van der Waals surface area contributed by atoms with Crippen LogP contribution in [-0.4, -0.2) is 77.9 Å². The maximum atomic E-state index is 12.8. The quantitative estimate of drug-likeness (QED) is 0.233. The average molecular weight is 499 g/mol. The lowest BCUT2D eigenvalue weighted by molar-refractivity contribution is -0.150. The van der Waals surface area contributed by atoms with Gasteiger partial charge in [-0.3, -0.25) is 14.5 Å². The van der Waals surface area contributed by atoms with Crippen molar-refractivity contribution in [1.29, 1.82) is 0 Å². The summed E-state index contributed by atoms with van der Waals surface area (Å²) >= 11 is 5.27. The van der Waals surface area contributed by atoms with Gasteiger partial charge in [0.2, 0.25) is 0 Å². The fourth-order valence-electron chi connectivity index (χ4n) is 3.00. The molecular weight excluding hydrogens is 484 g/mol. The third-order valence-corrected chi connectivity index (χ3v) is 8.13. The Morgan fingerprint density at radius 3 is 2.94 bits per heavy atom. The van der Waals surface area contributed by atoms with Crippen LogP contribution in [-0.2, 0) is 19.2 Å². The molecule has 31 heavy (non-hydrogen) atoms. The Kier molecular flexibility index (Phi) is 6.54. The first-order chi connectivity index (χ1) is 15.0. The first-order valence-corrected chi connectivity index (χ1v) is 12.4. The Morgan fingerprint density at radius 2 is 2.29 bits per heavy atom. The fraction of sp³-hybridized carbons (Fsp3) is 0.312. The third-order valence-electron chi connectivity index (χ3n) is 4.32. The zero-order chi connectivity index (χ0) is 22.0. The van der Waals surface area contributed by atoms with E-state index in [0.717, 1.165) is 4.34 Å². The summed E-state index contributed by atoms with van der Waals surface area (Å²) < 4.78 is 4.64. The summed E-state index contributed by atoms with van der Waals surface area (Å²) in [5.74, 6) is -1.49. The van der Waals surface area contributed by atoms with Crippen LogP contribution in [0.3, 0.4) is 0 Å². The summed E-state index contributed by atoms with van der Waals surface area (Å²) in [5.41, 5.74) is 2.40. The van der Waals surface area contributed by atoms with Gasteiger partial charge in [-0.25, -0.2) is 14.8 Å². The minimum Gasteiger partial charge on any atom is -0.477 e. The number of carboxylic acid groups (broad SMARTS) is 1. The van der Waals surface area contributed by atoms with Crippen LogP contribution in [0, 0.1) is 0 Å². The fourth-order valence-corrected chi connectivity index (χ4v) is 6.47. The summed E-state index contributed by atoms with van der Waals surface area (Å²) in [6, 6.07) is -0.870. The summed E-state index contributed by atoms with van der Waals surface area (Å²) in [6.45, 7) is 0. The monoisotopic (exact) mass is 498 g/mol. The van der Waals surface area contributed by atoms with Crippen molar-refractivity contribution in [3.8, 4) is 0 Å². The number of oxime groups is 1. The van der Waals surface area contributed by atoms with Crippen LogP contribution in [0.15, 0.2) is 38.0 Å². The summed E-state index contributed by atoms with van der Waals surface area (Å²) in [6.07, 6.45) is 1.43. The molecule has 2 atom stereocenters. The zero-order valence-electron chi connectivity index (χ0n) is 15.8. The second-order valence-corrected chi connectivity index (χ2v) is 9.94. The van der Waals surface area contributed by atoms with Gasteiger partial charge < -0.3 is 15.3 Å². The van der Waals surface area contributed by atoms with E-state index in [9.17, 15) is 19.5 Å². The highest BCUT2D eigenvalue weighted by Crippen LogP contribution is 2.41. The van der Waals surface area contributed by atoms with Crippen molar-refractivity contribution in [2.45, 2.75) is 15.8 Å². The van der Waals surface area contributed by atoms with Gasteiger partial charge in [-0.2, -0.15) is 4.37 Å². The van der Waals surface area contributed by atoms with E-state index in [1.54, 1.807) is 10.9 Å². The van der Waals surface area contributed by atoms with Gasteiger partial charge >= 0.3 is 5.97 Å². The molecule has 1 unspecified atom stereocenters. The number of thioether (sulfide) groups is 2. The number of aromatic nitrogens is 3. The lowest BCUT2D eigenvalue weighted by Gasteiger charge is -2.49. The van der Waals surface area contributed by atoms with E-state index >= 15 is 0 Å². The molecule has 1 fully saturated rings. The van der Waals surface area contributed by atoms with E-state index in [2.05, 4.69) is 24.8 Å². The maximum absolute atomic E-state index is 12.8. The van der Waals surface area contributed by atoms with E-state index in [0.29, 0.717) is 22.8 Å². The molecule has 2 aliphatic rings. The number of nitrogens with one attached hydrogen (secondary N) is 1. The van der Waals surface area contributed by atoms with Crippen molar-refractivity contribution in [2.75, 3.05) is 18.6 Å². The molecule has 2 amide bonds. The summed E-state index contributed by atoms with van der Waals surface area (Å²) in [5, 5.41) is 17.2. The molecule has 0 aliphatic carbocycles. The molecule has 2 aliphatic heterocycles. The number of amides is 2. The molecule has 11 nitrogen and oxygen atoms in total. The number of thiazole rings is 1. The van der Waals surface area contributed by atoms with Crippen molar-refractivity contribution < 1.29 is 24.3 Å². The Bertz CT molecular complexity index is 1050. The number of β-lactam (4-membered cyclic amide) rings is 1. The van der Waals surface area contributed by atoms with Gasteiger partial charge in [0.25, 0.3) is 11.8 Å². The minimum atomic E-state index is -1.18. The second kappa shape index (κ2) is 9.33. The molecule has 0 spiro atoms. The molecule has 2 aromatic heterocycles. The summed E-state index contributed by atoms with van der Waals surface area (Å²) in [4.78, 5) is 51.5. The molecule has 15 heteroatoms. The predicted octanol–water partition coefficient (Wildman–Crippen LogP) is 0.876. The number of hydrogen-bond donors (Lipinski definition) is 2. The van der Waals surface area contributed by atoms with Crippen LogP contribution in [0.25, 0.3) is 0 Å². The lowest BCUT2D eigenvalue weighted by Crippen LogP contribution is -2.71. The maximum Gasteiger partial charge on any atom is 0.352 e. The molecule has 2 aromatic rings. The van der Waals surface area contributed by atoms with Crippen molar-refractivity contribution >= 4 is 69.9 Å². The van der Waals surface area contributed by atoms with Gasteiger partial charge in [-0.1, -0.05) is 16.9 Å². The molecule has 162 valence electrons. The number of rotatable bonds is 8. The van der Waals surface area contributed by atoms with Crippen molar-refractivity contribution in [3.05, 3.63) is 34.2 Å². The van der Waals surface area contributed by atoms with Gasteiger partial charge in [0.05, 0.1) is 5.51 Å². The third kappa shape index (κ3) is 4.30. The van der Waals surface area contributed by atoms with E-state index in [1.165, 1.54) is 64.7 Å². The number of fused-ring (bicyclic) bond motifs is 1. The second-order valence-electron chi connectivity index (χ2n) is 6.11. The largest absolute Gasteiger partial charge is 0.477 e. The van der Waals surface area contributed by atoms with Crippen LogP contribution in [0.1, 0.15) is 5.69 Å². The van der Waals surface area contributed by atoms with Gasteiger partial charge in [0, 0.05) is 16.9 Å². The van der Waals surface area contributed by atoms with E-state index in [1.807, 2.05) is 0 Å². The Hall–Kier alpha value is -2.49. The smallest absolute Gasteiger partial charge is 0.352 e. The highest BCUT2D eigenvalue weighted by molar-refractivity contribution is 8.01. The number of carbonyl (C=O) groups excluding carboxylic acids is 2. The number of aliphatic carboxylic acids is 1. The van der Waals surface area contributed by atoms with Gasteiger partial charge in [0.1, 0.15) is 36.2 Å². The summed E-state index contributed by atoms with van der Waals surface area (Å²) in [7, 11) is 1.30. The Labute approximate surface area is 192 Å². The number of carbonyl (C=O) groups is 3. The Morgan fingerprint density at radius 1 is 1.45 bits per heavy atom. The van der Waals surface area contributed by atoms with Crippen molar-refractivity contribution in [3.63, 3.8) is 0 Å². The molecular formula is C16H14N6O5S4. The van der Waals surface area contributed by atoms with Crippen molar-refractivity contribution in [1.82, 2.24) is 24.6 Å². The van der Waals surface area contributed by atoms with Gasteiger partial charge in [-0.15, -0.1) is 23.1 Å². The number of hydrogen-bond acceptors (Lipinski definition) is 12. The molecule has 4 heterocycles. The van der Waals surface area contributed by atoms with Crippen LogP contribution < -0.4 is 5.32 Å². The Balaban J connectivity index is 1.49. The predicted molar refractivity (Wildman–Crippen MR) is 116 cm³/mol. The average Bonchev–Trinajstić information content (AvgIpc) is 3.47. The topological polar surface area (TPSA) is 147 Å². The highest BCUT2D eigenvalue weighted by Gasteiger charge is 2.54. The standard InChI is InChI=1S/C16H14N6O5S4/c1-27-21-9(8-4-28-6-18-8)12(23)20-10-13(24)22-11(15(25)26)7(2-29-14(10)22)3-30-16-17-5-19-31-16/h4-6,10,14H,2-3H2,1H3,(H,20,23)(H,25,26)/b21-9-/t10?,14-/m1/s1. The number of nitrogens with zero attached hydrogens (tertiary/aromatic N) is 5. The van der Waals surface area contributed by atoms with E-state index < -0.39 is 29.2 Å². The molecule has 1 saturated heterocycles. The highest BCUT2D eigenvalue weighted by atomic mass is 32.2. The lowest BCUT2D eigenvalue weighted by atomic mass is 10.0. The van der Waals surface area contributed by atoms with Crippen molar-refractivity contribution in [2.24, 2.45) is 5.16 Å². The SMILES string of the molecule is CO/N=C(\C(=O)NC1C(=O)N2C(C(=O)O)=C(CSc3ncns3)CS[C@H]12)c1cscn1. The van der Waals surface area contributed by atoms with Gasteiger partial charge in [-0.05, 0) is 17.1 Å². The first-order valence-electron chi connectivity index (χ1n) is 8.61. The van der Waals surface area contributed by atoms with E-state index in [-0.39, 0.29) is 11.4 Å². The van der Waals surface area contributed by atoms with Crippen LogP contribution in [0.5, 0.6) is 0 Å².